The van der Waals surface area contributed by atoms with E-state index in [-0.39, 0.29) is 11.9 Å². The summed E-state index contributed by atoms with van der Waals surface area (Å²) >= 11 is 0. The summed E-state index contributed by atoms with van der Waals surface area (Å²) in [5.41, 5.74) is 2.22. The Morgan fingerprint density at radius 2 is 1.59 bits per heavy atom. The lowest BCUT2D eigenvalue weighted by molar-refractivity contribution is -0.128. The summed E-state index contributed by atoms with van der Waals surface area (Å²) in [4.78, 5) is 26.6. The average Bonchev–Trinajstić information content (AvgIpc) is 2.63. The first-order chi connectivity index (χ1) is 12.8. The summed E-state index contributed by atoms with van der Waals surface area (Å²) in [6.45, 7) is 8.64. The monoisotopic (exact) mass is 367 g/mol. The van der Waals surface area contributed by atoms with Crippen molar-refractivity contribution in [1.29, 1.82) is 0 Å². The lowest BCUT2D eigenvalue weighted by Crippen LogP contribution is -2.39. The molecular weight excluding hydrogens is 338 g/mol. The maximum Gasteiger partial charge on any atom is 0.326 e. The van der Waals surface area contributed by atoms with Crippen molar-refractivity contribution in [2.24, 2.45) is 5.41 Å². The lowest BCUT2D eigenvalue weighted by Gasteiger charge is -2.24. The number of amides is 3. The van der Waals surface area contributed by atoms with E-state index in [0.29, 0.717) is 19.5 Å². The van der Waals surface area contributed by atoms with Crippen molar-refractivity contribution < 1.29 is 9.59 Å². The molecule has 0 radical (unpaired) electrons. The number of hydrogen-bond donors (Lipinski definition) is 2. The van der Waals surface area contributed by atoms with Crippen LogP contribution in [0, 0.1) is 12.3 Å². The van der Waals surface area contributed by atoms with Crippen LogP contribution in [0.5, 0.6) is 0 Å². The number of nitrogens with zero attached hydrogens (tertiary/aromatic N) is 1. The molecule has 2 rings (SSSR count). The van der Waals surface area contributed by atoms with E-state index in [1.165, 1.54) is 0 Å². The maximum atomic E-state index is 12.9. The average molecular weight is 367 g/mol. The first kappa shape index (κ1) is 20.5. The number of hydrogen-bond acceptors (Lipinski definition) is 2. The first-order valence-corrected chi connectivity index (χ1v) is 9.26. The Hall–Kier alpha value is -2.82. The fourth-order valence-corrected chi connectivity index (χ4v) is 2.56. The van der Waals surface area contributed by atoms with Gasteiger partial charge in [-0.05, 0) is 37.1 Å². The molecule has 0 aromatic heterocycles. The number of carbonyl (C=O) groups is 2. The van der Waals surface area contributed by atoms with Gasteiger partial charge in [-0.1, -0.05) is 57.2 Å². The molecule has 2 N–H and O–H groups in total. The maximum absolute atomic E-state index is 12.9. The smallest absolute Gasteiger partial charge is 0.326 e. The first-order valence-electron chi connectivity index (χ1n) is 9.26. The molecule has 3 amide bonds. The van der Waals surface area contributed by atoms with Crippen molar-refractivity contribution >= 4 is 23.3 Å². The highest BCUT2D eigenvalue weighted by atomic mass is 16.2. The third-order valence-electron chi connectivity index (χ3n) is 4.22. The second kappa shape index (κ2) is 9.21. The van der Waals surface area contributed by atoms with Crippen molar-refractivity contribution in [1.82, 2.24) is 5.32 Å². The van der Waals surface area contributed by atoms with Gasteiger partial charge in [0.1, 0.15) is 0 Å². The zero-order valence-corrected chi connectivity index (χ0v) is 16.6. The molecule has 0 saturated carbocycles. The van der Waals surface area contributed by atoms with E-state index in [2.05, 4.69) is 10.6 Å². The van der Waals surface area contributed by atoms with Gasteiger partial charge in [0, 0.05) is 29.9 Å². The number of nitrogens with one attached hydrogen (secondary N) is 2. The van der Waals surface area contributed by atoms with Crippen LogP contribution >= 0.6 is 0 Å². The summed E-state index contributed by atoms with van der Waals surface area (Å²) in [6.07, 6.45) is 0.665. The quantitative estimate of drug-likeness (QED) is 0.734. The Bertz CT molecular complexity index is 767. The number of urea groups is 1. The van der Waals surface area contributed by atoms with Crippen molar-refractivity contribution in [3.63, 3.8) is 0 Å². The van der Waals surface area contributed by atoms with Gasteiger partial charge in [-0.15, -0.1) is 0 Å². The summed E-state index contributed by atoms with van der Waals surface area (Å²) in [7, 11) is 0. The Kier molecular flexibility index (Phi) is 6.99. The van der Waals surface area contributed by atoms with Crippen LogP contribution in [0.15, 0.2) is 54.6 Å². The fourth-order valence-electron chi connectivity index (χ4n) is 2.56. The number of rotatable bonds is 6. The number of aryl methyl sites for hydroxylation is 1. The van der Waals surface area contributed by atoms with Crippen LogP contribution in [0.2, 0.25) is 0 Å². The molecule has 2 aromatic carbocycles. The standard InChI is InChI=1S/C22H29N3O2/c1-17-11-8-9-14-19(17)24-21(27)25(18-12-6-5-7-13-18)16-10-15-23-20(26)22(2,3)4/h5-9,11-14H,10,15-16H2,1-4H3,(H,23,26)(H,24,27). The fraction of sp³-hybridized carbons (Fsp3) is 0.364. The van der Waals surface area contributed by atoms with Gasteiger partial charge in [0.25, 0.3) is 0 Å². The molecule has 0 spiro atoms. The van der Waals surface area contributed by atoms with Crippen molar-refractivity contribution in [3.8, 4) is 0 Å². The zero-order valence-electron chi connectivity index (χ0n) is 16.6. The summed E-state index contributed by atoms with van der Waals surface area (Å²) in [5, 5.41) is 5.91. The predicted molar refractivity (Wildman–Crippen MR) is 111 cm³/mol. The van der Waals surface area contributed by atoms with Gasteiger partial charge in [-0.3, -0.25) is 9.69 Å². The number of para-hydroxylation sites is 2. The molecule has 144 valence electrons. The second-order valence-corrected chi connectivity index (χ2v) is 7.59. The van der Waals surface area contributed by atoms with E-state index >= 15 is 0 Å². The largest absolute Gasteiger partial charge is 0.356 e. The van der Waals surface area contributed by atoms with E-state index < -0.39 is 5.41 Å². The molecule has 5 heteroatoms. The van der Waals surface area contributed by atoms with E-state index in [1.54, 1.807) is 4.90 Å². The van der Waals surface area contributed by atoms with Crippen LogP contribution in [-0.4, -0.2) is 25.0 Å². The van der Waals surface area contributed by atoms with Crippen molar-refractivity contribution in [2.45, 2.75) is 34.1 Å². The Labute approximate surface area is 161 Å². The minimum atomic E-state index is -0.415. The SMILES string of the molecule is Cc1ccccc1NC(=O)N(CCCNC(=O)C(C)(C)C)c1ccccc1. The third kappa shape index (κ3) is 6.13. The van der Waals surface area contributed by atoms with Gasteiger partial charge < -0.3 is 10.6 Å². The molecule has 0 heterocycles. The third-order valence-corrected chi connectivity index (χ3v) is 4.22. The highest BCUT2D eigenvalue weighted by Crippen LogP contribution is 2.18. The van der Waals surface area contributed by atoms with Gasteiger partial charge >= 0.3 is 6.03 Å². The number of anilines is 2. The number of benzene rings is 2. The van der Waals surface area contributed by atoms with E-state index in [9.17, 15) is 9.59 Å². The molecule has 0 aliphatic carbocycles. The van der Waals surface area contributed by atoms with E-state index in [1.807, 2.05) is 82.3 Å². The van der Waals surface area contributed by atoms with Gasteiger partial charge in [-0.2, -0.15) is 0 Å². The van der Waals surface area contributed by atoms with Crippen LogP contribution in [0.4, 0.5) is 16.2 Å². The second-order valence-electron chi connectivity index (χ2n) is 7.59. The molecule has 0 aliphatic rings. The lowest BCUT2D eigenvalue weighted by atomic mass is 9.96. The van der Waals surface area contributed by atoms with Crippen LogP contribution in [0.3, 0.4) is 0 Å². The topological polar surface area (TPSA) is 61.4 Å². The summed E-state index contributed by atoms with van der Waals surface area (Å²) in [6, 6.07) is 17.1. The molecule has 0 fully saturated rings. The van der Waals surface area contributed by atoms with E-state index in [0.717, 1.165) is 16.9 Å². The van der Waals surface area contributed by atoms with Crippen LogP contribution < -0.4 is 15.5 Å². The zero-order chi connectivity index (χ0) is 19.9. The van der Waals surface area contributed by atoms with Gasteiger partial charge in [0.05, 0.1) is 0 Å². The summed E-state index contributed by atoms with van der Waals surface area (Å²) < 4.78 is 0. The molecule has 2 aromatic rings. The molecule has 27 heavy (non-hydrogen) atoms. The van der Waals surface area contributed by atoms with Gasteiger partial charge in [-0.25, -0.2) is 4.79 Å². The molecule has 0 atom stereocenters. The molecule has 5 nitrogen and oxygen atoms in total. The van der Waals surface area contributed by atoms with Gasteiger partial charge in [0.15, 0.2) is 0 Å². The van der Waals surface area contributed by atoms with E-state index in [4.69, 9.17) is 0 Å². The summed E-state index contributed by atoms with van der Waals surface area (Å²) in [5.74, 6) is 0.0122. The van der Waals surface area contributed by atoms with Crippen molar-refractivity contribution in [3.05, 3.63) is 60.2 Å². The predicted octanol–water partition coefficient (Wildman–Crippen LogP) is 4.59. The number of carbonyl (C=O) groups excluding carboxylic acids is 2. The van der Waals surface area contributed by atoms with Crippen molar-refractivity contribution in [2.75, 3.05) is 23.3 Å². The molecule has 0 unspecified atom stereocenters. The minimum Gasteiger partial charge on any atom is -0.356 e. The Balaban J connectivity index is 2.03. The highest BCUT2D eigenvalue weighted by Gasteiger charge is 2.21. The van der Waals surface area contributed by atoms with Crippen LogP contribution in [0.1, 0.15) is 32.8 Å². The van der Waals surface area contributed by atoms with Crippen LogP contribution in [0.25, 0.3) is 0 Å². The normalized spacial score (nSPS) is 11.0. The van der Waals surface area contributed by atoms with Crippen LogP contribution in [-0.2, 0) is 4.79 Å². The molecular formula is C22H29N3O2. The molecule has 0 aliphatic heterocycles. The Morgan fingerprint density at radius 1 is 0.963 bits per heavy atom. The molecule has 0 bridgehead atoms. The Morgan fingerprint density at radius 3 is 2.22 bits per heavy atom. The molecule has 0 saturated heterocycles. The van der Waals surface area contributed by atoms with Gasteiger partial charge in [0.2, 0.25) is 5.91 Å². The highest BCUT2D eigenvalue weighted by molar-refractivity contribution is 6.02. The minimum absolute atomic E-state index is 0.0122.